The maximum absolute atomic E-state index is 12.3. The van der Waals surface area contributed by atoms with Crippen molar-refractivity contribution in [3.8, 4) is 0 Å². The highest BCUT2D eigenvalue weighted by atomic mass is 79.9. The Kier molecular flexibility index (Phi) is 3.99. The predicted octanol–water partition coefficient (Wildman–Crippen LogP) is 2.12. The Labute approximate surface area is 116 Å². The van der Waals surface area contributed by atoms with E-state index in [0.29, 0.717) is 18.7 Å². The zero-order valence-corrected chi connectivity index (χ0v) is 12.5. The van der Waals surface area contributed by atoms with Gasteiger partial charge in [-0.3, -0.25) is 0 Å². The van der Waals surface area contributed by atoms with Crippen LogP contribution in [0.1, 0.15) is 18.9 Å². The summed E-state index contributed by atoms with van der Waals surface area (Å²) in [6, 6.07) is 5.25. The van der Waals surface area contributed by atoms with E-state index in [4.69, 9.17) is 10.5 Å². The predicted molar refractivity (Wildman–Crippen MR) is 75.0 cm³/mol. The number of rotatable bonds is 3. The summed E-state index contributed by atoms with van der Waals surface area (Å²) in [5, 5.41) is -0.401. The van der Waals surface area contributed by atoms with Gasteiger partial charge in [0.2, 0.25) is 0 Å². The first-order valence-electron chi connectivity index (χ1n) is 5.77. The SMILES string of the molecule is CC1OCCC1S(=O)(=O)Cc1ccc(Br)c(N)c1. The van der Waals surface area contributed by atoms with Crippen LogP contribution in [0.4, 0.5) is 5.69 Å². The van der Waals surface area contributed by atoms with E-state index in [0.717, 1.165) is 10.0 Å². The Bertz CT molecular complexity index is 544. The highest BCUT2D eigenvalue weighted by Gasteiger charge is 2.35. The Hall–Kier alpha value is -0.590. The third-order valence-electron chi connectivity index (χ3n) is 3.20. The third-order valence-corrected chi connectivity index (χ3v) is 6.20. The van der Waals surface area contributed by atoms with Crippen LogP contribution in [0.5, 0.6) is 0 Å². The zero-order chi connectivity index (χ0) is 13.3. The van der Waals surface area contributed by atoms with Gasteiger partial charge in [-0.25, -0.2) is 8.42 Å². The lowest BCUT2D eigenvalue weighted by Crippen LogP contribution is -2.29. The van der Waals surface area contributed by atoms with Crippen molar-refractivity contribution in [2.45, 2.75) is 30.5 Å². The molecule has 100 valence electrons. The molecule has 1 heterocycles. The molecule has 2 N–H and O–H groups in total. The summed E-state index contributed by atoms with van der Waals surface area (Å²) in [5.74, 6) is 0.0167. The van der Waals surface area contributed by atoms with Crippen LogP contribution in [0.15, 0.2) is 22.7 Å². The average Bonchev–Trinajstić information content (AvgIpc) is 2.70. The summed E-state index contributed by atoms with van der Waals surface area (Å²) in [6.45, 7) is 2.33. The summed E-state index contributed by atoms with van der Waals surface area (Å²) in [5.41, 5.74) is 7.03. The van der Waals surface area contributed by atoms with Crippen LogP contribution in [0.3, 0.4) is 0 Å². The van der Waals surface area contributed by atoms with Crippen molar-refractivity contribution >= 4 is 31.5 Å². The monoisotopic (exact) mass is 333 g/mol. The van der Waals surface area contributed by atoms with Crippen molar-refractivity contribution in [3.05, 3.63) is 28.2 Å². The molecule has 0 radical (unpaired) electrons. The molecule has 2 atom stereocenters. The number of hydrogen-bond acceptors (Lipinski definition) is 4. The van der Waals surface area contributed by atoms with Crippen LogP contribution in [0.2, 0.25) is 0 Å². The van der Waals surface area contributed by atoms with Gasteiger partial charge in [0.1, 0.15) is 0 Å². The molecule has 0 amide bonds. The molecule has 1 aliphatic heterocycles. The average molecular weight is 334 g/mol. The third kappa shape index (κ3) is 2.87. The summed E-state index contributed by atoms with van der Waals surface area (Å²) >= 11 is 3.29. The minimum atomic E-state index is -3.19. The number of ether oxygens (including phenoxy) is 1. The second kappa shape index (κ2) is 5.19. The van der Waals surface area contributed by atoms with E-state index < -0.39 is 15.1 Å². The molecule has 0 spiro atoms. The molecular weight excluding hydrogens is 318 g/mol. The summed E-state index contributed by atoms with van der Waals surface area (Å²) in [6.07, 6.45) is 0.359. The van der Waals surface area contributed by atoms with Gasteiger partial charge >= 0.3 is 0 Å². The van der Waals surface area contributed by atoms with Gasteiger partial charge in [-0.2, -0.15) is 0 Å². The Morgan fingerprint density at radius 2 is 2.22 bits per heavy atom. The molecule has 4 nitrogen and oxygen atoms in total. The van der Waals surface area contributed by atoms with E-state index in [1.807, 2.05) is 6.92 Å². The first-order valence-corrected chi connectivity index (χ1v) is 8.28. The van der Waals surface area contributed by atoms with Crippen LogP contribution >= 0.6 is 15.9 Å². The minimum absolute atomic E-state index is 0.0167. The van der Waals surface area contributed by atoms with E-state index in [1.54, 1.807) is 18.2 Å². The molecule has 1 fully saturated rings. The smallest absolute Gasteiger partial charge is 0.159 e. The van der Waals surface area contributed by atoms with Crippen LogP contribution < -0.4 is 5.73 Å². The van der Waals surface area contributed by atoms with Crippen molar-refractivity contribution in [1.29, 1.82) is 0 Å². The number of sulfone groups is 1. The molecule has 18 heavy (non-hydrogen) atoms. The van der Waals surface area contributed by atoms with E-state index in [1.165, 1.54) is 0 Å². The van der Waals surface area contributed by atoms with Gasteiger partial charge in [0, 0.05) is 16.8 Å². The number of anilines is 1. The van der Waals surface area contributed by atoms with Gasteiger partial charge in [-0.05, 0) is 47.0 Å². The Balaban J connectivity index is 2.19. The number of halogens is 1. The molecule has 1 saturated heterocycles. The normalized spacial score (nSPS) is 24.3. The molecule has 1 aliphatic rings. The summed E-state index contributed by atoms with van der Waals surface area (Å²) in [7, 11) is -3.19. The standard InChI is InChI=1S/C12H16BrNO3S/c1-8-12(4-5-17-8)18(15,16)7-9-2-3-10(13)11(14)6-9/h2-3,6,8,12H,4-5,7,14H2,1H3. The van der Waals surface area contributed by atoms with Crippen molar-refractivity contribution in [2.24, 2.45) is 0 Å². The van der Waals surface area contributed by atoms with Gasteiger partial charge in [0.15, 0.2) is 9.84 Å². The molecule has 0 bridgehead atoms. The number of hydrogen-bond donors (Lipinski definition) is 1. The molecular formula is C12H16BrNO3S. The lowest BCUT2D eigenvalue weighted by molar-refractivity contribution is 0.126. The first-order chi connectivity index (χ1) is 8.40. The van der Waals surface area contributed by atoms with E-state index in [9.17, 15) is 8.42 Å². The fraction of sp³-hybridized carbons (Fsp3) is 0.500. The molecule has 0 aliphatic carbocycles. The van der Waals surface area contributed by atoms with Crippen molar-refractivity contribution in [2.75, 3.05) is 12.3 Å². The molecule has 1 aromatic carbocycles. The van der Waals surface area contributed by atoms with Crippen molar-refractivity contribution < 1.29 is 13.2 Å². The Morgan fingerprint density at radius 1 is 1.50 bits per heavy atom. The molecule has 2 rings (SSSR count). The van der Waals surface area contributed by atoms with Gasteiger partial charge in [-0.1, -0.05) is 6.07 Å². The Morgan fingerprint density at radius 3 is 2.78 bits per heavy atom. The van der Waals surface area contributed by atoms with E-state index in [2.05, 4.69) is 15.9 Å². The molecule has 0 saturated carbocycles. The zero-order valence-electron chi connectivity index (χ0n) is 10.1. The maximum Gasteiger partial charge on any atom is 0.159 e. The summed E-state index contributed by atoms with van der Waals surface area (Å²) in [4.78, 5) is 0. The van der Waals surface area contributed by atoms with E-state index >= 15 is 0 Å². The molecule has 1 aromatic rings. The molecule has 0 aromatic heterocycles. The highest BCUT2D eigenvalue weighted by Crippen LogP contribution is 2.26. The van der Waals surface area contributed by atoms with Crippen LogP contribution in [-0.4, -0.2) is 26.4 Å². The quantitative estimate of drug-likeness (QED) is 0.860. The second-order valence-electron chi connectivity index (χ2n) is 4.57. The van der Waals surface area contributed by atoms with E-state index in [-0.39, 0.29) is 11.9 Å². The molecule has 6 heteroatoms. The second-order valence-corrected chi connectivity index (χ2v) is 7.64. The van der Waals surface area contributed by atoms with Gasteiger partial charge < -0.3 is 10.5 Å². The van der Waals surface area contributed by atoms with Crippen LogP contribution in [0, 0.1) is 0 Å². The number of nitrogens with two attached hydrogens (primary N) is 1. The van der Waals surface area contributed by atoms with Crippen molar-refractivity contribution in [3.63, 3.8) is 0 Å². The lowest BCUT2D eigenvalue weighted by atomic mass is 10.2. The number of benzene rings is 1. The topological polar surface area (TPSA) is 69.4 Å². The minimum Gasteiger partial charge on any atom is -0.398 e. The highest BCUT2D eigenvalue weighted by molar-refractivity contribution is 9.10. The first kappa shape index (κ1) is 13.8. The van der Waals surface area contributed by atoms with Crippen molar-refractivity contribution in [1.82, 2.24) is 0 Å². The van der Waals surface area contributed by atoms with Crippen LogP contribution in [-0.2, 0) is 20.3 Å². The van der Waals surface area contributed by atoms with Gasteiger partial charge in [0.05, 0.1) is 17.1 Å². The van der Waals surface area contributed by atoms with Crippen LogP contribution in [0.25, 0.3) is 0 Å². The summed E-state index contributed by atoms with van der Waals surface area (Å²) < 4.78 is 30.7. The lowest BCUT2D eigenvalue weighted by Gasteiger charge is -2.15. The molecule has 2 unspecified atom stereocenters. The van der Waals surface area contributed by atoms with Gasteiger partial charge in [-0.15, -0.1) is 0 Å². The number of nitrogen functional groups attached to an aromatic ring is 1. The fourth-order valence-electron chi connectivity index (χ4n) is 2.21. The fourth-order valence-corrected chi connectivity index (χ4v) is 4.43. The van der Waals surface area contributed by atoms with Gasteiger partial charge in [0.25, 0.3) is 0 Å². The largest absolute Gasteiger partial charge is 0.398 e. The maximum atomic E-state index is 12.3.